The van der Waals surface area contributed by atoms with Crippen molar-refractivity contribution in [2.45, 2.75) is 187 Å². The van der Waals surface area contributed by atoms with E-state index in [0.717, 1.165) is 48.1 Å². The fourth-order valence-electron chi connectivity index (χ4n) is 7.11. The summed E-state index contributed by atoms with van der Waals surface area (Å²) < 4.78 is 1.76. The van der Waals surface area contributed by atoms with Gasteiger partial charge in [0, 0.05) is 13.1 Å². The molecule has 0 amide bonds. The number of quaternary nitrogens is 2. The minimum Gasteiger partial charge on any atom is -1.00 e. The van der Waals surface area contributed by atoms with E-state index in [1.807, 2.05) is 0 Å². The lowest BCUT2D eigenvalue weighted by Gasteiger charge is -2.36. The van der Waals surface area contributed by atoms with Crippen molar-refractivity contribution in [2.24, 2.45) is 0 Å². The smallest absolute Gasteiger partial charge is 0.115 e. The molecule has 0 radical (unpaired) electrons. The van der Waals surface area contributed by atoms with Gasteiger partial charge in [0.1, 0.15) is 25.3 Å². The largest absolute Gasteiger partial charge is 1.00 e. The average Bonchev–Trinajstić information content (AvgIpc) is 2.96. The number of hydrogen-bond donors (Lipinski definition) is 2. The van der Waals surface area contributed by atoms with Crippen LogP contribution in [-0.4, -0.2) is 110 Å². The molecular weight excluding hydrogens is 625 g/mol. The Hall–Kier alpha value is 0.380. The highest BCUT2D eigenvalue weighted by Crippen LogP contribution is 2.15. The van der Waals surface area contributed by atoms with Crippen LogP contribution in [0.25, 0.3) is 0 Å². The molecule has 2 atom stereocenters. The maximum Gasteiger partial charge on any atom is 0.115 e. The maximum atomic E-state index is 11.2. The Bertz CT molecular complexity index is 578. The first-order chi connectivity index (χ1) is 21.5. The van der Waals surface area contributed by atoms with Crippen LogP contribution in [0.2, 0.25) is 0 Å². The van der Waals surface area contributed by atoms with E-state index in [1.165, 1.54) is 148 Å². The average molecular weight is 713 g/mol. The highest BCUT2D eigenvalue weighted by molar-refractivity contribution is 4.70. The van der Waals surface area contributed by atoms with E-state index in [4.69, 9.17) is 0 Å². The van der Waals surface area contributed by atoms with Crippen LogP contribution in [0, 0.1) is 0 Å². The number of aliphatic hydroxyl groups is 2. The number of nitrogens with zero attached hydrogens (tertiary/aromatic N) is 3. The van der Waals surface area contributed by atoms with Crippen LogP contribution in [0.3, 0.4) is 0 Å². The minimum atomic E-state index is -0.351. The molecule has 0 saturated carbocycles. The first-order valence-corrected chi connectivity index (χ1v) is 20.3. The summed E-state index contributed by atoms with van der Waals surface area (Å²) >= 11 is 0. The third-order valence-corrected chi connectivity index (χ3v) is 9.91. The number of hydrogen-bond acceptors (Lipinski definition) is 3. The van der Waals surface area contributed by atoms with Crippen molar-refractivity contribution in [1.29, 1.82) is 0 Å². The summed E-state index contributed by atoms with van der Waals surface area (Å²) in [6, 6.07) is 0. The Morgan fingerprint density at radius 2 is 0.660 bits per heavy atom. The monoisotopic (exact) mass is 712 g/mol. The van der Waals surface area contributed by atoms with Gasteiger partial charge in [0.25, 0.3) is 0 Å². The number of halogens is 2. The zero-order valence-corrected chi connectivity index (χ0v) is 34.6. The molecule has 0 aliphatic carbocycles. The number of likely N-dealkylation sites (N-methyl/N-ethyl adjacent to an activating group) is 2. The summed E-state index contributed by atoms with van der Waals surface area (Å²) in [5.41, 5.74) is 0. The molecule has 47 heavy (non-hydrogen) atoms. The highest BCUT2D eigenvalue weighted by atomic mass is 35.5. The highest BCUT2D eigenvalue weighted by Gasteiger charge is 2.26. The lowest BCUT2D eigenvalue weighted by atomic mass is 10.1. The minimum absolute atomic E-state index is 0. The molecule has 0 aliphatic rings. The van der Waals surface area contributed by atoms with Gasteiger partial charge < -0.3 is 44.0 Å². The van der Waals surface area contributed by atoms with Gasteiger partial charge in [-0.25, -0.2) is 0 Å². The van der Waals surface area contributed by atoms with Gasteiger partial charge in [-0.05, 0) is 38.6 Å². The van der Waals surface area contributed by atoms with E-state index in [2.05, 4.69) is 53.9 Å². The Balaban J connectivity index is -0.00000968. The Labute approximate surface area is 309 Å². The van der Waals surface area contributed by atoms with Crippen LogP contribution in [0.15, 0.2) is 0 Å². The Morgan fingerprint density at radius 3 is 0.957 bits per heavy atom. The summed E-state index contributed by atoms with van der Waals surface area (Å²) in [6.07, 6.45) is 31.5. The molecule has 2 unspecified atom stereocenters. The Kier molecular flexibility index (Phi) is 38.3. The van der Waals surface area contributed by atoms with Crippen LogP contribution in [0.1, 0.15) is 175 Å². The predicted octanol–water partition coefficient (Wildman–Crippen LogP) is 3.59. The third-order valence-electron chi connectivity index (χ3n) is 9.91. The molecule has 0 bridgehead atoms. The first kappa shape index (κ1) is 51.7. The molecule has 0 rings (SSSR count). The van der Waals surface area contributed by atoms with E-state index in [-0.39, 0.29) is 37.0 Å². The molecule has 2 N–H and O–H groups in total. The molecule has 0 aromatic carbocycles. The van der Waals surface area contributed by atoms with Gasteiger partial charge in [-0.2, -0.15) is 0 Å². The Morgan fingerprint density at radius 1 is 0.404 bits per heavy atom. The molecule has 0 heterocycles. The summed E-state index contributed by atoms with van der Waals surface area (Å²) in [5.74, 6) is 0. The van der Waals surface area contributed by atoms with Crippen molar-refractivity contribution in [2.75, 3.05) is 74.0 Å². The van der Waals surface area contributed by atoms with Crippen LogP contribution < -0.4 is 24.8 Å². The first-order valence-electron chi connectivity index (χ1n) is 20.3. The van der Waals surface area contributed by atoms with Crippen LogP contribution in [-0.2, 0) is 0 Å². The van der Waals surface area contributed by atoms with Gasteiger partial charge in [0.2, 0.25) is 0 Å². The summed E-state index contributed by atoms with van der Waals surface area (Å²) in [4.78, 5) is 2.37. The van der Waals surface area contributed by atoms with Crippen LogP contribution in [0.4, 0.5) is 0 Å². The zero-order chi connectivity index (χ0) is 33.7. The molecule has 0 aromatic rings. The fraction of sp³-hybridized carbons (Fsp3) is 1.00. The van der Waals surface area contributed by atoms with Crippen LogP contribution >= 0.6 is 0 Å². The van der Waals surface area contributed by atoms with Gasteiger partial charge in [-0.3, -0.25) is 4.90 Å². The van der Waals surface area contributed by atoms with E-state index in [9.17, 15) is 10.2 Å². The number of rotatable bonds is 35. The van der Waals surface area contributed by atoms with Crippen molar-refractivity contribution in [3.05, 3.63) is 0 Å². The van der Waals surface area contributed by atoms with Crippen molar-refractivity contribution < 1.29 is 44.0 Å². The quantitative estimate of drug-likeness (QED) is 0.0781. The zero-order valence-electron chi connectivity index (χ0n) is 33.1. The predicted molar refractivity (Wildman–Crippen MR) is 200 cm³/mol. The molecule has 0 aromatic heterocycles. The van der Waals surface area contributed by atoms with Crippen LogP contribution in [0.5, 0.6) is 0 Å². The number of aliphatic hydroxyl groups excluding tert-OH is 2. The molecule has 7 heteroatoms. The van der Waals surface area contributed by atoms with Gasteiger partial charge in [0.05, 0.1) is 41.3 Å². The molecule has 5 nitrogen and oxygen atoms in total. The second-order valence-corrected chi connectivity index (χ2v) is 16.2. The molecule has 0 fully saturated rings. The van der Waals surface area contributed by atoms with E-state index in [1.54, 1.807) is 0 Å². The van der Waals surface area contributed by atoms with Gasteiger partial charge in [-0.1, -0.05) is 143 Å². The van der Waals surface area contributed by atoms with Crippen molar-refractivity contribution in [1.82, 2.24) is 4.90 Å². The SMILES string of the molecule is CCCCCCCCCCCC[N+](C)(C)CC(O)CN(CCCCCC)CC(O)C[N+](C)(C)CCCCCCCCCCCC.[Cl-].[Cl-]. The van der Waals surface area contributed by atoms with Crippen molar-refractivity contribution >= 4 is 0 Å². The second kappa shape index (κ2) is 34.8. The molecule has 288 valence electrons. The van der Waals surface area contributed by atoms with Crippen molar-refractivity contribution in [3.8, 4) is 0 Å². The lowest BCUT2D eigenvalue weighted by Crippen LogP contribution is -3.00. The summed E-state index contributed by atoms with van der Waals surface area (Å²) in [5, 5.41) is 22.4. The molecule has 0 aliphatic heterocycles. The standard InChI is InChI=1S/C40H87N3O2.2ClH/c1-8-11-14-17-19-21-23-25-27-30-33-42(4,5)37-39(44)35-41(32-29-16-13-10-3)36-40(45)38-43(6,7)34-31-28-26-24-22-20-18-15-12-9-2;;/h39-40,44-45H,8-38H2,1-7H3;2*1H/q+2;;/p-2. The third kappa shape index (κ3) is 36.0. The second-order valence-electron chi connectivity index (χ2n) is 16.2. The van der Waals surface area contributed by atoms with E-state index >= 15 is 0 Å². The summed E-state index contributed by atoms with van der Waals surface area (Å²) in [7, 11) is 9.13. The van der Waals surface area contributed by atoms with E-state index in [0.29, 0.717) is 13.1 Å². The van der Waals surface area contributed by atoms with E-state index < -0.39 is 0 Å². The van der Waals surface area contributed by atoms with Gasteiger partial charge in [-0.15, -0.1) is 0 Å². The topological polar surface area (TPSA) is 43.7 Å². The normalized spacial score (nSPS) is 13.4. The fourth-order valence-corrected chi connectivity index (χ4v) is 7.11. The van der Waals surface area contributed by atoms with Crippen molar-refractivity contribution in [3.63, 3.8) is 0 Å². The molecule has 0 saturated heterocycles. The summed E-state index contributed by atoms with van der Waals surface area (Å²) in [6.45, 7) is 13.0. The maximum absolute atomic E-state index is 11.2. The molecule has 0 spiro atoms. The lowest BCUT2D eigenvalue weighted by molar-refractivity contribution is -0.893. The number of unbranched alkanes of at least 4 members (excludes halogenated alkanes) is 21. The molecular formula is C40H87Cl2N3O2. The van der Waals surface area contributed by atoms with Gasteiger partial charge in [0.15, 0.2) is 0 Å². The van der Waals surface area contributed by atoms with Gasteiger partial charge >= 0.3 is 0 Å².